The minimum atomic E-state index is -0.448. The monoisotopic (exact) mass is 352 g/mol. The Kier molecular flexibility index (Phi) is 5.35. The summed E-state index contributed by atoms with van der Waals surface area (Å²) in [5.74, 6) is -0.352. The quantitative estimate of drug-likeness (QED) is 0.720. The van der Waals surface area contributed by atoms with E-state index in [0.717, 1.165) is 0 Å². The summed E-state index contributed by atoms with van der Waals surface area (Å²) in [6.07, 6.45) is 0. The summed E-state index contributed by atoms with van der Waals surface area (Å²) < 4.78 is 15.0. The number of benzene rings is 2. The van der Waals surface area contributed by atoms with Crippen LogP contribution in [0.2, 0.25) is 10.0 Å². The SMILES string of the molecule is C=C(c1ccc(N)c(Cl)c1)c1c(Cl)ccc(C(N)C(C)C)c1F. The van der Waals surface area contributed by atoms with Crippen molar-refractivity contribution in [2.24, 2.45) is 11.7 Å². The molecule has 2 aromatic rings. The summed E-state index contributed by atoms with van der Waals surface area (Å²) in [7, 11) is 0. The second-order valence-corrected chi connectivity index (χ2v) is 6.62. The first-order valence-corrected chi connectivity index (χ1v) is 7.97. The molecule has 1 atom stereocenters. The molecule has 0 aliphatic rings. The Hall–Kier alpha value is -1.55. The highest BCUT2D eigenvalue weighted by Gasteiger charge is 2.21. The van der Waals surface area contributed by atoms with Gasteiger partial charge < -0.3 is 11.5 Å². The van der Waals surface area contributed by atoms with Gasteiger partial charge in [-0.2, -0.15) is 0 Å². The van der Waals surface area contributed by atoms with Crippen molar-refractivity contribution in [2.75, 3.05) is 5.73 Å². The van der Waals surface area contributed by atoms with Crippen LogP contribution in [-0.4, -0.2) is 0 Å². The minimum absolute atomic E-state index is 0.0951. The van der Waals surface area contributed by atoms with Crippen LogP contribution >= 0.6 is 23.2 Å². The fourth-order valence-corrected chi connectivity index (χ4v) is 2.76. The van der Waals surface area contributed by atoms with Crippen LogP contribution in [0.4, 0.5) is 10.1 Å². The third kappa shape index (κ3) is 3.52. The Labute approximate surface area is 145 Å². The zero-order valence-corrected chi connectivity index (χ0v) is 14.5. The van der Waals surface area contributed by atoms with Gasteiger partial charge in [-0.3, -0.25) is 0 Å². The number of nitrogens with two attached hydrogens (primary N) is 2. The number of hydrogen-bond donors (Lipinski definition) is 2. The molecule has 0 amide bonds. The van der Waals surface area contributed by atoms with Crippen LogP contribution in [0.25, 0.3) is 5.57 Å². The van der Waals surface area contributed by atoms with Crippen molar-refractivity contribution in [1.29, 1.82) is 0 Å². The van der Waals surface area contributed by atoms with Crippen LogP contribution in [0, 0.1) is 11.7 Å². The number of hydrogen-bond acceptors (Lipinski definition) is 2. The van der Waals surface area contributed by atoms with Crippen molar-refractivity contribution in [1.82, 2.24) is 0 Å². The van der Waals surface area contributed by atoms with Crippen LogP contribution in [0.15, 0.2) is 36.9 Å². The Morgan fingerprint density at radius 2 is 1.78 bits per heavy atom. The molecule has 0 aromatic heterocycles. The molecule has 0 saturated carbocycles. The van der Waals surface area contributed by atoms with E-state index in [9.17, 15) is 4.39 Å². The smallest absolute Gasteiger partial charge is 0.137 e. The summed E-state index contributed by atoms with van der Waals surface area (Å²) in [5, 5.41) is 0.662. The third-order valence-corrected chi connectivity index (χ3v) is 4.49. The van der Waals surface area contributed by atoms with Crippen LogP contribution in [-0.2, 0) is 0 Å². The van der Waals surface area contributed by atoms with Crippen LogP contribution in [0.3, 0.4) is 0 Å². The van der Waals surface area contributed by atoms with Crippen LogP contribution < -0.4 is 11.5 Å². The topological polar surface area (TPSA) is 52.0 Å². The number of halogens is 3. The van der Waals surface area contributed by atoms with E-state index in [4.69, 9.17) is 34.7 Å². The maximum Gasteiger partial charge on any atom is 0.137 e. The molecule has 5 heteroatoms. The molecule has 2 aromatic carbocycles. The first-order valence-electron chi connectivity index (χ1n) is 7.22. The van der Waals surface area contributed by atoms with E-state index < -0.39 is 11.9 Å². The van der Waals surface area contributed by atoms with E-state index in [-0.39, 0.29) is 16.5 Å². The average molecular weight is 353 g/mol. The highest BCUT2D eigenvalue weighted by Crippen LogP contribution is 2.36. The van der Waals surface area contributed by atoms with Gasteiger partial charge in [0.15, 0.2) is 0 Å². The molecular weight excluding hydrogens is 334 g/mol. The van der Waals surface area contributed by atoms with E-state index in [1.807, 2.05) is 13.8 Å². The van der Waals surface area contributed by atoms with Gasteiger partial charge in [0.05, 0.1) is 15.7 Å². The first-order chi connectivity index (χ1) is 10.7. The Balaban J connectivity index is 2.55. The third-order valence-electron chi connectivity index (χ3n) is 3.85. The Morgan fingerprint density at radius 3 is 2.35 bits per heavy atom. The molecule has 0 aliphatic heterocycles. The number of rotatable bonds is 4. The molecule has 23 heavy (non-hydrogen) atoms. The lowest BCUT2D eigenvalue weighted by molar-refractivity contribution is 0.484. The second-order valence-electron chi connectivity index (χ2n) is 5.81. The summed E-state index contributed by atoms with van der Waals surface area (Å²) >= 11 is 12.2. The molecule has 0 heterocycles. The lowest BCUT2D eigenvalue weighted by atomic mass is 9.91. The van der Waals surface area contributed by atoms with E-state index in [2.05, 4.69) is 6.58 Å². The van der Waals surface area contributed by atoms with Gasteiger partial charge in [-0.25, -0.2) is 4.39 Å². The lowest BCUT2D eigenvalue weighted by Crippen LogP contribution is -2.19. The molecule has 122 valence electrons. The molecule has 0 bridgehead atoms. The fraction of sp³-hybridized carbons (Fsp3) is 0.222. The molecule has 0 spiro atoms. The second kappa shape index (κ2) is 6.91. The highest BCUT2D eigenvalue weighted by molar-refractivity contribution is 6.33. The fourth-order valence-electron chi connectivity index (χ4n) is 2.32. The zero-order valence-electron chi connectivity index (χ0n) is 13.0. The van der Waals surface area contributed by atoms with Crippen LogP contribution in [0.1, 0.15) is 36.6 Å². The Morgan fingerprint density at radius 1 is 1.13 bits per heavy atom. The van der Waals surface area contributed by atoms with Gasteiger partial charge in [-0.1, -0.05) is 55.8 Å². The normalized spacial score (nSPS) is 12.5. The van der Waals surface area contributed by atoms with Crippen molar-refractivity contribution in [2.45, 2.75) is 19.9 Å². The molecule has 2 nitrogen and oxygen atoms in total. The standard InChI is InChI=1S/C18H19Cl2FN2/c1-9(2)18(23)12-5-6-13(19)16(17(12)21)10(3)11-4-7-15(22)14(20)8-11/h4-9,18H,3,22-23H2,1-2H3. The maximum atomic E-state index is 15.0. The van der Waals surface area contributed by atoms with Crippen molar-refractivity contribution in [3.05, 3.63) is 69.5 Å². The van der Waals surface area contributed by atoms with E-state index in [1.54, 1.807) is 30.3 Å². The molecule has 0 fully saturated rings. The Bertz CT molecular complexity index is 757. The van der Waals surface area contributed by atoms with E-state index in [1.165, 1.54) is 0 Å². The van der Waals surface area contributed by atoms with Crippen LogP contribution in [0.5, 0.6) is 0 Å². The van der Waals surface area contributed by atoms with Gasteiger partial charge in [0.2, 0.25) is 0 Å². The van der Waals surface area contributed by atoms with Gasteiger partial charge in [0, 0.05) is 17.2 Å². The predicted molar refractivity (Wildman–Crippen MR) is 97.2 cm³/mol. The van der Waals surface area contributed by atoms with Gasteiger partial charge in [0.1, 0.15) is 5.82 Å². The molecule has 0 radical (unpaired) electrons. The number of anilines is 1. The molecular formula is C18H19Cl2FN2. The number of nitrogen functional groups attached to an aromatic ring is 1. The molecule has 1 unspecified atom stereocenters. The van der Waals surface area contributed by atoms with E-state index >= 15 is 0 Å². The van der Waals surface area contributed by atoms with Gasteiger partial charge in [0.25, 0.3) is 0 Å². The lowest BCUT2D eigenvalue weighted by Gasteiger charge is -2.20. The van der Waals surface area contributed by atoms with Gasteiger partial charge in [-0.15, -0.1) is 0 Å². The highest BCUT2D eigenvalue weighted by atomic mass is 35.5. The summed E-state index contributed by atoms with van der Waals surface area (Å²) in [6.45, 7) is 7.84. The molecule has 0 aliphatic carbocycles. The molecule has 4 N–H and O–H groups in total. The summed E-state index contributed by atoms with van der Waals surface area (Å²) in [4.78, 5) is 0. The molecule has 0 saturated heterocycles. The molecule has 2 rings (SSSR count). The van der Waals surface area contributed by atoms with Crippen molar-refractivity contribution >= 4 is 34.5 Å². The first kappa shape index (κ1) is 17.8. The maximum absolute atomic E-state index is 15.0. The zero-order chi connectivity index (χ0) is 17.3. The van der Waals surface area contributed by atoms with Crippen molar-refractivity contribution in [3.63, 3.8) is 0 Å². The minimum Gasteiger partial charge on any atom is -0.398 e. The van der Waals surface area contributed by atoms with Gasteiger partial charge in [-0.05, 0) is 35.3 Å². The van der Waals surface area contributed by atoms with Crippen molar-refractivity contribution < 1.29 is 4.39 Å². The summed E-state index contributed by atoms with van der Waals surface area (Å²) in [5.41, 5.74) is 14.0. The largest absolute Gasteiger partial charge is 0.398 e. The van der Waals surface area contributed by atoms with E-state index in [0.29, 0.717) is 27.4 Å². The average Bonchev–Trinajstić information content (AvgIpc) is 2.49. The summed E-state index contributed by atoms with van der Waals surface area (Å²) in [6, 6.07) is 7.86. The van der Waals surface area contributed by atoms with Crippen molar-refractivity contribution in [3.8, 4) is 0 Å². The van der Waals surface area contributed by atoms with Gasteiger partial charge >= 0.3 is 0 Å². The predicted octanol–water partition coefficient (Wildman–Crippen LogP) is 5.43.